The number of carbonyl (C=O) groups is 1. The lowest BCUT2D eigenvalue weighted by Crippen LogP contribution is -2.28. The molecule has 1 N–H and O–H groups in total. The molecule has 1 aromatic heterocycles. The molecule has 31 heavy (non-hydrogen) atoms. The van der Waals surface area contributed by atoms with Crippen LogP contribution in [0.15, 0.2) is 41.3 Å². The van der Waals surface area contributed by atoms with E-state index < -0.39 is 20.9 Å². The molecule has 1 saturated heterocycles. The Morgan fingerprint density at radius 3 is 2.65 bits per heavy atom. The number of hydrogen-bond acceptors (Lipinski definition) is 8. The molecule has 3 aromatic rings. The maximum absolute atomic E-state index is 13.0. The van der Waals surface area contributed by atoms with Crippen molar-refractivity contribution in [2.75, 3.05) is 25.5 Å². The standard InChI is InChI=1S/C19H18N4O6S2/c1-29-15-7-4-12(10-17(15)31(27,28)22-8-2-3-9-22)18(24)21-19-20-14-6-5-13(23(25)26)11-16(14)30-19/h4-7,10-11H,2-3,8-9H2,1H3,(H,20,21,24). The van der Waals surface area contributed by atoms with Crippen LogP contribution in [0, 0.1) is 10.1 Å². The van der Waals surface area contributed by atoms with Gasteiger partial charge in [0.15, 0.2) is 5.13 Å². The number of thiazole rings is 1. The van der Waals surface area contributed by atoms with E-state index in [0.717, 1.165) is 24.2 Å². The molecule has 0 bridgehead atoms. The second-order valence-corrected chi connectivity index (χ2v) is 9.80. The van der Waals surface area contributed by atoms with Crippen LogP contribution in [0.2, 0.25) is 0 Å². The first-order chi connectivity index (χ1) is 14.8. The highest BCUT2D eigenvalue weighted by Crippen LogP contribution is 2.32. The van der Waals surface area contributed by atoms with Crippen molar-refractivity contribution in [2.24, 2.45) is 0 Å². The van der Waals surface area contributed by atoms with E-state index in [1.807, 2.05) is 0 Å². The van der Waals surface area contributed by atoms with Gasteiger partial charge in [-0.25, -0.2) is 13.4 Å². The molecule has 1 aliphatic heterocycles. The summed E-state index contributed by atoms with van der Waals surface area (Å²) in [5.41, 5.74) is 0.572. The summed E-state index contributed by atoms with van der Waals surface area (Å²) in [6.07, 6.45) is 1.58. The van der Waals surface area contributed by atoms with Gasteiger partial charge in [-0.05, 0) is 37.1 Å². The molecule has 12 heteroatoms. The lowest BCUT2D eigenvalue weighted by atomic mass is 10.2. The van der Waals surface area contributed by atoms with Crippen LogP contribution in [-0.4, -0.2) is 48.7 Å². The Balaban J connectivity index is 1.63. The lowest BCUT2D eigenvalue weighted by Gasteiger charge is -2.18. The van der Waals surface area contributed by atoms with Gasteiger partial charge in [0.1, 0.15) is 10.6 Å². The molecule has 10 nitrogen and oxygen atoms in total. The van der Waals surface area contributed by atoms with E-state index in [1.54, 1.807) is 0 Å². The Hall–Kier alpha value is -3.09. The number of non-ortho nitro benzene ring substituents is 1. The Morgan fingerprint density at radius 2 is 1.97 bits per heavy atom. The second kappa shape index (κ2) is 8.21. The first kappa shape index (κ1) is 21.2. The van der Waals surface area contributed by atoms with Gasteiger partial charge in [0.25, 0.3) is 11.6 Å². The summed E-state index contributed by atoms with van der Waals surface area (Å²) in [5.74, 6) is -0.384. The molecule has 162 valence electrons. The van der Waals surface area contributed by atoms with Crippen molar-refractivity contribution in [2.45, 2.75) is 17.7 Å². The zero-order valence-electron chi connectivity index (χ0n) is 16.4. The first-order valence-corrected chi connectivity index (χ1v) is 11.6. The Morgan fingerprint density at radius 1 is 1.23 bits per heavy atom. The molecule has 1 aliphatic rings. The van der Waals surface area contributed by atoms with Crippen LogP contribution in [0.1, 0.15) is 23.2 Å². The number of nitro benzene ring substituents is 1. The first-order valence-electron chi connectivity index (χ1n) is 9.34. The largest absolute Gasteiger partial charge is 0.495 e. The minimum atomic E-state index is -3.79. The third-order valence-corrected chi connectivity index (χ3v) is 7.77. The SMILES string of the molecule is COc1ccc(C(=O)Nc2nc3ccc([N+](=O)[O-])cc3s2)cc1S(=O)(=O)N1CCCC1. The van der Waals surface area contributed by atoms with E-state index in [4.69, 9.17) is 4.74 Å². The number of rotatable bonds is 6. The fourth-order valence-electron chi connectivity index (χ4n) is 3.34. The quantitative estimate of drug-likeness (QED) is 0.439. The maximum Gasteiger partial charge on any atom is 0.270 e. The number of nitrogens with one attached hydrogen (secondary N) is 1. The lowest BCUT2D eigenvalue weighted by molar-refractivity contribution is -0.384. The zero-order valence-corrected chi connectivity index (χ0v) is 18.0. The average molecular weight is 463 g/mol. The van der Waals surface area contributed by atoms with Gasteiger partial charge < -0.3 is 4.74 Å². The number of nitrogens with zero attached hydrogens (tertiary/aromatic N) is 3. The second-order valence-electron chi connectivity index (χ2n) is 6.86. The molecule has 0 unspecified atom stereocenters. The Labute approximate surface area is 181 Å². The van der Waals surface area contributed by atoms with Crippen molar-refractivity contribution < 1.29 is 22.9 Å². The normalized spacial score (nSPS) is 14.6. The van der Waals surface area contributed by atoms with Crippen LogP contribution in [0.3, 0.4) is 0 Å². The molecule has 1 amide bonds. The molecule has 0 saturated carbocycles. The Kier molecular flexibility index (Phi) is 5.60. The average Bonchev–Trinajstić information content (AvgIpc) is 3.42. The van der Waals surface area contributed by atoms with Crippen LogP contribution < -0.4 is 10.1 Å². The van der Waals surface area contributed by atoms with Gasteiger partial charge >= 0.3 is 0 Å². The van der Waals surface area contributed by atoms with E-state index >= 15 is 0 Å². The third-order valence-electron chi connectivity index (χ3n) is 4.91. The van der Waals surface area contributed by atoms with Crippen LogP contribution in [0.5, 0.6) is 5.75 Å². The van der Waals surface area contributed by atoms with Gasteiger partial charge in [-0.15, -0.1) is 0 Å². The predicted molar refractivity (Wildman–Crippen MR) is 115 cm³/mol. The van der Waals surface area contributed by atoms with Crippen molar-refractivity contribution in [3.8, 4) is 5.75 Å². The number of amides is 1. The van der Waals surface area contributed by atoms with Gasteiger partial charge in [-0.1, -0.05) is 11.3 Å². The highest BCUT2D eigenvalue weighted by atomic mass is 32.2. The molecule has 0 radical (unpaired) electrons. The van der Waals surface area contributed by atoms with Crippen LogP contribution in [-0.2, 0) is 10.0 Å². The molecule has 2 heterocycles. The summed E-state index contributed by atoms with van der Waals surface area (Å²) in [7, 11) is -2.42. The summed E-state index contributed by atoms with van der Waals surface area (Å²) in [4.78, 5) is 27.4. The minimum Gasteiger partial charge on any atom is -0.495 e. The van der Waals surface area contributed by atoms with E-state index in [0.29, 0.717) is 23.3 Å². The molecule has 2 aromatic carbocycles. The van der Waals surface area contributed by atoms with Crippen molar-refractivity contribution in [1.29, 1.82) is 0 Å². The van der Waals surface area contributed by atoms with Crippen LogP contribution in [0.4, 0.5) is 10.8 Å². The van der Waals surface area contributed by atoms with Crippen LogP contribution in [0.25, 0.3) is 10.2 Å². The van der Waals surface area contributed by atoms with Gasteiger partial charge in [0.2, 0.25) is 10.0 Å². The molecular formula is C19H18N4O6S2. The number of ether oxygens (including phenoxy) is 1. The number of aromatic nitrogens is 1. The predicted octanol–water partition coefficient (Wildman–Crippen LogP) is 3.25. The summed E-state index contributed by atoms with van der Waals surface area (Å²) in [6.45, 7) is 0.861. The van der Waals surface area contributed by atoms with E-state index in [2.05, 4.69) is 10.3 Å². The van der Waals surface area contributed by atoms with Crippen molar-refractivity contribution >= 4 is 48.3 Å². The van der Waals surface area contributed by atoms with Gasteiger partial charge in [-0.2, -0.15) is 4.31 Å². The number of anilines is 1. The smallest absolute Gasteiger partial charge is 0.270 e. The fourth-order valence-corrected chi connectivity index (χ4v) is 5.93. The third kappa shape index (κ3) is 4.09. The molecule has 0 atom stereocenters. The summed E-state index contributed by atoms with van der Waals surface area (Å²) in [6, 6.07) is 8.44. The number of benzene rings is 2. The minimum absolute atomic E-state index is 0.0653. The Bertz CT molecular complexity index is 1280. The van der Waals surface area contributed by atoms with Gasteiger partial charge in [-0.3, -0.25) is 20.2 Å². The summed E-state index contributed by atoms with van der Waals surface area (Å²) >= 11 is 1.09. The molecular weight excluding hydrogens is 444 g/mol. The highest BCUT2D eigenvalue weighted by Gasteiger charge is 2.30. The number of hydrogen-bond donors (Lipinski definition) is 1. The van der Waals surface area contributed by atoms with E-state index in [-0.39, 0.29) is 27.0 Å². The summed E-state index contributed by atoms with van der Waals surface area (Å²) in [5, 5.41) is 13.8. The topological polar surface area (TPSA) is 132 Å². The monoisotopic (exact) mass is 462 g/mol. The number of nitro groups is 1. The number of sulfonamides is 1. The van der Waals surface area contributed by atoms with E-state index in [1.165, 1.54) is 47.8 Å². The summed E-state index contributed by atoms with van der Waals surface area (Å²) < 4.78 is 33.1. The highest BCUT2D eigenvalue weighted by molar-refractivity contribution is 7.89. The van der Waals surface area contributed by atoms with Crippen LogP contribution >= 0.6 is 11.3 Å². The molecule has 4 rings (SSSR count). The zero-order chi connectivity index (χ0) is 22.2. The van der Waals surface area contributed by atoms with Gasteiger partial charge in [0, 0.05) is 30.8 Å². The fraction of sp³-hybridized carbons (Fsp3) is 0.263. The van der Waals surface area contributed by atoms with E-state index in [9.17, 15) is 23.3 Å². The van der Waals surface area contributed by atoms with Crippen molar-refractivity contribution in [3.63, 3.8) is 0 Å². The molecule has 0 spiro atoms. The van der Waals surface area contributed by atoms with Gasteiger partial charge in [0.05, 0.1) is 22.2 Å². The van der Waals surface area contributed by atoms with Crippen molar-refractivity contribution in [3.05, 3.63) is 52.1 Å². The molecule has 0 aliphatic carbocycles. The number of methoxy groups -OCH3 is 1. The molecule has 1 fully saturated rings. The maximum atomic E-state index is 13.0. The number of carbonyl (C=O) groups excluding carboxylic acids is 1. The number of fused-ring (bicyclic) bond motifs is 1. The van der Waals surface area contributed by atoms with Crippen molar-refractivity contribution in [1.82, 2.24) is 9.29 Å².